The van der Waals surface area contributed by atoms with Crippen LogP contribution in [0.5, 0.6) is 0 Å². The molecule has 1 N–H and O–H groups in total. The molecule has 30 heavy (non-hydrogen) atoms. The molecule has 0 saturated heterocycles. The van der Waals surface area contributed by atoms with Gasteiger partial charge in [-0.2, -0.15) is 0 Å². The molecule has 2 heterocycles. The number of nitrogens with one attached hydrogen (secondary N) is 1. The lowest BCUT2D eigenvalue weighted by molar-refractivity contribution is -0.130. The summed E-state index contributed by atoms with van der Waals surface area (Å²) in [6.45, 7) is 0.316. The van der Waals surface area contributed by atoms with Crippen molar-refractivity contribution in [1.29, 1.82) is 0 Å². The molecule has 1 amide bonds. The molecule has 2 aromatic carbocycles. The number of imidazole rings is 1. The van der Waals surface area contributed by atoms with Gasteiger partial charge < -0.3 is 10.1 Å². The fraction of sp³-hybridized carbons (Fsp3) is 0.0870. The number of ether oxygens (including phenoxy) is 1. The van der Waals surface area contributed by atoms with E-state index in [0.717, 1.165) is 5.56 Å². The van der Waals surface area contributed by atoms with E-state index < -0.39 is 18.0 Å². The highest BCUT2D eigenvalue weighted by atomic mass is 35.5. The van der Waals surface area contributed by atoms with Crippen LogP contribution >= 0.6 is 11.6 Å². The number of carbonyl (C=O) groups excluding carboxylic acids is 2. The van der Waals surface area contributed by atoms with E-state index in [0.29, 0.717) is 17.8 Å². The third-order valence-electron chi connectivity index (χ3n) is 4.56. The molecule has 0 saturated carbocycles. The zero-order chi connectivity index (χ0) is 20.9. The maximum atomic E-state index is 13.0. The van der Waals surface area contributed by atoms with Gasteiger partial charge in [0, 0.05) is 18.3 Å². The lowest BCUT2D eigenvalue weighted by Crippen LogP contribution is -2.32. The molecule has 2 aromatic heterocycles. The van der Waals surface area contributed by atoms with Crippen LogP contribution < -0.4 is 5.32 Å². The number of esters is 1. The predicted molar refractivity (Wildman–Crippen MR) is 113 cm³/mol. The highest BCUT2D eigenvalue weighted by Gasteiger charge is 2.28. The molecule has 1 atom stereocenters. The summed E-state index contributed by atoms with van der Waals surface area (Å²) in [5.74, 6) is -1.16. The van der Waals surface area contributed by atoms with Gasteiger partial charge in [-0.05, 0) is 17.7 Å². The van der Waals surface area contributed by atoms with Crippen molar-refractivity contribution in [3.8, 4) is 0 Å². The normalized spacial score (nSPS) is 11.8. The minimum Gasteiger partial charge on any atom is -0.443 e. The highest BCUT2D eigenvalue weighted by Crippen LogP contribution is 2.24. The van der Waals surface area contributed by atoms with Gasteiger partial charge in [0.05, 0.1) is 0 Å². The Kier molecular flexibility index (Phi) is 5.77. The van der Waals surface area contributed by atoms with Crippen molar-refractivity contribution >= 4 is 29.1 Å². The van der Waals surface area contributed by atoms with Crippen molar-refractivity contribution in [3.05, 3.63) is 107 Å². The molecule has 150 valence electrons. The third-order valence-corrected chi connectivity index (χ3v) is 4.82. The molecule has 4 rings (SSSR count). The molecule has 1 unspecified atom stereocenters. The summed E-state index contributed by atoms with van der Waals surface area (Å²) in [7, 11) is 0. The Hall–Kier alpha value is -3.64. The van der Waals surface area contributed by atoms with Gasteiger partial charge in [-0.1, -0.05) is 78.3 Å². The Bertz CT molecular complexity index is 1180. The van der Waals surface area contributed by atoms with Crippen LogP contribution in [0.2, 0.25) is 5.15 Å². The average molecular weight is 420 g/mol. The number of hydrogen-bond acceptors (Lipinski definition) is 4. The maximum absolute atomic E-state index is 13.0. The molecule has 7 heteroatoms. The Morgan fingerprint density at radius 1 is 0.967 bits per heavy atom. The number of nitrogens with zero attached hydrogens (tertiary/aromatic N) is 2. The molecule has 6 nitrogen and oxygen atoms in total. The van der Waals surface area contributed by atoms with Gasteiger partial charge in [-0.25, -0.2) is 9.78 Å². The first-order valence-electron chi connectivity index (χ1n) is 9.33. The van der Waals surface area contributed by atoms with Crippen LogP contribution in [-0.2, 0) is 16.1 Å². The SMILES string of the molecule is O=C(OC(C(=O)NCc1ccccc1)c1ccccc1)c1c(Cl)nc2ccccn12. The third kappa shape index (κ3) is 4.18. The first-order valence-corrected chi connectivity index (χ1v) is 9.71. The van der Waals surface area contributed by atoms with Gasteiger partial charge in [0.15, 0.2) is 10.8 Å². The molecule has 0 aliphatic rings. The molecular formula is C23H18ClN3O3. The second-order valence-corrected chi connectivity index (χ2v) is 6.94. The zero-order valence-corrected chi connectivity index (χ0v) is 16.6. The number of carbonyl (C=O) groups is 2. The minimum atomic E-state index is -1.13. The topological polar surface area (TPSA) is 72.7 Å². The van der Waals surface area contributed by atoms with E-state index in [1.165, 1.54) is 4.40 Å². The second kappa shape index (κ2) is 8.80. The predicted octanol–water partition coefficient (Wildman–Crippen LogP) is 4.20. The first kappa shape index (κ1) is 19.7. The van der Waals surface area contributed by atoms with Crippen molar-refractivity contribution in [2.45, 2.75) is 12.6 Å². The Morgan fingerprint density at radius 2 is 1.63 bits per heavy atom. The van der Waals surface area contributed by atoms with Gasteiger partial charge in [0.25, 0.3) is 5.91 Å². The summed E-state index contributed by atoms with van der Waals surface area (Å²) in [6, 6.07) is 23.6. The number of fused-ring (bicyclic) bond motifs is 1. The van der Waals surface area contributed by atoms with E-state index in [1.54, 1.807) is 48.7 Å². The highest BCUT2D eigenvalue weighted by molar-refractivity contribution is 6.32. The molecular weight excluding hydrogens is 402 g/mol. The fourth-order valence-electron chi connectivity index (χ4n) is 3.09. The van der Waals surface area contributed by atoms with Gasteiger partial charge >= 0.3 is 5.97 Å². The summed E-state index contributed by atoms with van der Waals surface area (Å²) >= 11 is 6.18. The fourth-order valence-corrected chi connectivity index (χ4v) is 3.35. The standard InChI is InChI=1S/C23H18ClN3O3/c24-21-19(27-14-8-7-13-18(27)26-21)23(29)30-20(17-11-5-2-6-12-17)22(28)25-15-16-9-3-1-4-10-16/h1-14,20H,15H2,(H,25,28). The van der Waals surface area contributed by atoms with Crippen molar-refractivity contribution < 1.29 is 14.3 Å². The van der Waals surface area contributed by atoms with Crippen LogP contribution in [-0.4, -0.2) is 21.3 Å². The van der Waals surface area contributed by atoms with E-state index >= 15 is 0 Å². The van der Waals surface area contributed by atoms with Gasteiger partial charge in [0.2, 0.25) is 6.10 Å². The number of halogens is 1. The van der Waals surface area contributed by atoms with E-state index in [1.807, 2.05) is 36.4 Å². The van der Waals surface area contributed by atoms with Crippen LogP contribution in [0.3, 0.4) is 0 Å². The second-order valence-electron chi connectivity index (χ2n) is 6.58. The monoisotopic (exact) mass is 419 g/mol. The van der Waals surface area contributed by atoms with Crippen molar-refractivity contribution in [3.63, 3.8) is 0 Å². The molecule has 0 aliphatic heterocycles. The molecule has 0 fully saturated rings. The summed E-state index contributed by atoms with van der Waals surface area (Å²) in [6.07, 6.45) is 0.533. The summed E-state index contributed by atoms with van der Waals surface area (Å²) < 4.78 is 7.16. The van der Waals surface area contributed by atoms with Crippen molar-refractivity contribution in [2.24, 2.45) is 0 Å². The number of amides is 1. The largest absolute Gasteiger partial charge is 0.443 e. The molecule has 0 aliphatic carbocycles. The molecule has 0 bridgehead atoms. The van der Waals surface area contributed by atoms with Gasteiger partial charge in [0.1, 0.15) is 5.65 Å². The molecule has 0 radical (unpaired) electrons. The van der Waals surface area contributed by atoms with Crippen LogP contribution in [0.15, 0.2) is 85.1 Å². The lowest BCUT2D eigenvalue weighted by atomic mass is 10.1. The summed E-state index contributed by atoms with van der Waals surface area (Å²) in [5, 5.41) is 2.84. The molecule has 0 spiro atoms. The number of pyridine rings is 1. The van der Waals surface area contributed by atoms with E-state index in [-0.39, 0.29) is 10.8 Å². The first-order chi connectivity index (χ1) is 14.6. The van der Waals surface area contributed by atoms with Crippen LogP contribution in [0.25, 0.3) is 5.65 Å². The quantitative estimate of drug-likeness (QED) is 0.475. The molecule has 4 aromatic rings. The van der Waals surface area contributed by atoms with Crippen LogP contribution in [0.1, 0.15) is 27.7 Å². The number of aromatic nitrogens is 2. The summed E-state index contributed by atoms with van der Waals surface area (Å²) in [4.78, 5) is 30.0. The number of rotatable bonds is 6. The van der Waals surface area contributed by atoms with Gasteiger partial charge in [-0.3, -0.25) is 9.20 Å². The van der Waals surface area contributed by atoms with E-state index in [9.17, 15) is 9.59 Å². The number of hydrogen-bond donors (Lipinski definition) is 1. The van der Waals surface area contributed by atoms with Crippen molar-refractivity contribution in [2.75, 3.05) is 0 Å². The summed E-state index contributed by atoms with van der Waals surface area (Å²) in [5.41, 5.74) is 2.08. The maximum Gasteiger partial charge on any atom is 0.359 e. The Morgan fingerprint density at radius 3 is 2.37 bits per heavy atom. The number of benzene rings is 2. The average Bonchev–Trinajstić information content (AvgIpc) is 3.12. The van der Waals surface area contributed by atoms with E-state index in [4.69, 9.17) is 16.3 Å². The van der Waals surface area contributed by atoms with E-state index in [2.05, 4.69) is 10.3 Å². The minimum absolute atomic E-state index is 0.0164. The van der Waals surface area contributed by atoms with Crippen LogP contribution in [0, 0.1) is 0 Å². The Balaban J connectivity index is 1.59. The van der Waals surface area contributed by atoms with Gasteiger partial charge in [-0.15, -0.1) is 0 Å². The smallest absolute Gasteiger partial charge is 0.359 e. The van der Waals surface area contributed by atoms with Crippen molar-refractivity contribution in [1.82, 2.24) is 14.7 Å². The zero-order valence-electron chi connectivity index (χ0n) is 15.9. The lowest BCUT2D eigenvalue weighted by Gasteiger charge is -2.18. The van der Waals surface area contributed by atoms with Crippen LogP contribution in [0.4, 0.5) is 0 Å². The Labute approximate surface area is 178 Å².